The molecular weight excluding hydrogens is 304 g/mol. The lowest BCUT2D eigenvalue weighted by molar-refractivity contribution is -0.118. The first-order valence-electron chi connectivity index (χ1n) is 6.88. The van der Waals surface area contributed by atoms with E-state index < -0.39 is 0 Å². The number of carbonyl (C=O) groups excluding carboxylic acids is 1. The van der Waals surface area contributed by atoms with Crippen molar-refractivity contribution >= 4 is 27.5 Å². The quantitative estimate of drug-likeness (QED) is 0.922. The van der Waals surface area contributed by atoms with Gasteiger partial charge in [-0.1, -0.05) is 36.7 Å². The van der Waals surface area contributed by atoms with Crippen LogP contribution in [0, 0.1) is 0 Å². The predicted octanol–water partition coefficient (Wildman–Crippen LogP) is 3.11. The smallest absolute Gasteiger partial charge is 0.244 e. The first-order chi connectivity index (χ1) is 9.02. The highest BCUT2D eigenvalue weighted by atomic mass is 79.9. The van der Waals surface area contributed by atoms with Crippen LogP contribution in [0.5, 0.6) is 0 Å². The first kappa shape index (κ1) is 14.5. The number of amides is 1. The molecule has 1 heterocycles. The number of aryl methyl sites for hydroxylation is 1. The van der Waals surface area contributed by atoms with Crippen molar-refractivity contribution in [1.82, 2.24) is 5.32 Å². The minimum atomic E-state index is -0.0339. The standard InChI is InChI=1S/C15H21BrN2O/c1-4-11-9-12(16)5-6-14(11)18-8-7-13(15(18)19)17-10(2)3/h5-6,9-10,13,17H,4,7-8H2,1-3H3. The van der Waals surface area contributed by atoms with E-state index in [0.717, 1.165) is 29.5 Å². The number of anilines is 1. The molecule has 0 aliphatic carbocycles. The molecule has 1 aliphatic rings. The Bertz CT molecular complexity index is 473. The van der Waals surface area contributed by atoms with Crippen LogP contribution in [0.25, 0.3) is 0 Å². The van der Waals surface area contributed by atoms with Crippen LogP contribution in [-0.2, 0) is 11.2 Å². The van der Waals surface area contributed by atoms with Gasteiger partial charge in [0.2, 0.25) is 5.91 Å². The fourth-order valence-corrected chi connectivity index (χ4v) is 2.99. The van der Waals surface area contributed by atoms with Gasteiger partial charge in [0.1, 0.15) is 0 Å². The van der Waals surface area contributed by atoms with Crippen LogP contribution in [-0.4, -0.2) is 24.5 Å². The highest BCUT2D eigenvalue weighted by Gasteiger charge is 2.33. The van der Waals surface area contributed by atoms with Crippen LogP contribution in [0.3, 0.4) is 0 Å². The molecule has 1 amide bonds. The molecule has 19 heavy (non-hydrogen) atoms. The molecule has 4 heteroatoms. The van der Waals surface area contributed by atoms with Crippen molar-refractivity contribution in [2.24, 2.45) is 0 Å². The Morgan fingerprint density at radius 2 is 2.21 bits per heavy atom. The number of rotatable bonds is 4. The van der Waals surface area contributed by atoms with Gasteiger partial charge in [0.05, 0.1) is 6.04 Å². The van der Waals surface area contributed by atoms with E-state index in [-0.39, 0.29) is 11.9 Å². The van der Waals surface area contributed by atoms with Crippen LogP contribution in [0.2, 0.25) is 0 Å². The fourth-order valence-electron chi connectivity index (χ4n) is 2.58. The van der Waals surface area contributed by atoms with Gasteiger partial charge in [-0.3, -0.25) is 4.79 Å². The van der Waals surface area contributed by atoms with Gasteiger partial charge in [-0.15, -0.1) is 0 Å². The van der Waals surface area contributed by atoms with E-state index in [4.69, 9.17) is 0 Å². The van der Waals surface area contributed by atoms with E-state index in [1.165, 1.54) is 5.56 Å². The van der Waals surface area contributed by atoms with Crippen LogP contribution < -0.4 is 10.2 Å². The maximum Gasteiger partial charge on any atom is 0.244 e. The summed E-state index contributed by atoms with van der Waals surface area (Å²) >= 11 is 3.49. The molecule has 0 saturated carbocycles. The number of hydrogen-bond acceptors (Lipinski definition) is 2. The fraction of sp³-hybridized carbons (Fsp3) is 0.533. The van der Waals surface area contributed by atoms with Gasteiger partial charge in [-0.05, 0) is 36.6 Å². The lowest BCUT2D eigenvalue weighted by atomic mass is 10.1. The highest BCUT2D eigenvalue weighted by Crippen LogP contribution is 2.28. The minimum absolute atomic E-state index is 0.0339. The highest BCUT2D eigenvalue weighted by molar-refractivity contribution is 9.10. The van der Waals surface area contributed by atoms with Crippen molar-refractivity contribution in [3.63, 3.8) is 0 Å². The van der Waals surface area contributed by atoms with Gasteiger partial charge in [-0.25, -0.2) is 0 Å². The zero-order valence-corrected chi connectivity index (χ0v) is 13.3. The Morgan fingerprint density at radius 1 is 1.47 bits per heavy atom. The predicted molar refractivity (Wildman–Crippen MR) is 82.5 cm³/mol. The van der Waals surface area contributed by atoms with Crippen molar-refractivity contribution in [2.45, 2.75) is 45.7 Å². The zero-order chi connectivity index (χ0) is 14.0. The summed E-state index contributed by atoms with van der Waals surface area (Å²) in [5, 5.41) is 3.34. The monoisotopic (exact) mass is 324 g/mol. The van der Waals surface area contributed by atoms with E-state index in [1.54, 1.807) is 0 Å². The summed E-state index contributed by atoms with van der Waals surface area (Å²) in [7, 11) is 0. The third-order valence-electron chi connectivity index (χ3n) is 3.45. The maximum atomic E-state index is 12.4. The number of nitrogens with one attached hydrogen (secondary N) is 1. The molecule has 1 atom stereocenters. The zero-order valence-electron chi connectivity index (χ0n) is 11.7. The van der Waals surface area contributed by atoms with Crippen LogP contribution in [0.1, 0.15) is 32.8 Å². The Morgan fingerprint density at radius 3 is 2.84 bits per heavy atom. The van der Waals surface area contributed by atoms with E-state index in [2.05, 4.69) is 48.1 Å². The summed E-state index contributed by atoms with van der Waals surface area (Å²) in [6.07, 6.45) is 1.82. The SMILES string of the molecule is CCc1cc(Br)ccc1N1CCC(NC(C)C)C1=O. The van der Waals surface area contributed by atoms with Crippen molar-refractivity contribution in [3.8, 4) is 0 Å². The molecule has 1 N–H and O–H groups in total. The van der Waals surface area contributed by atoms with Crippen molar-refractivity contribution < 1.29 is 4.79 Å². The summed E-state index contributed by atoms with van der Waals surface area (Å²) in [6.45, 7) is 7.08. The summed E-state index contributed by atoms with van der Waals surface area (Å²) in [5.74, 6) is 0.200. The molecule has 1 aromatic rings. The molecule has 1 saturated heterocycles. The Kier molecular flexibility index (Phi) is 4.63. The summed E-state index contributed by atoms with van der Waals surface area (Å²) < 4.78 is 1.07. The summed E-state index contributed by atoms with van der Waals surface area (Å²) in [6, 6.07) is 6.45. The number of carbonyl (C=O) groups is 1. The molecule has 0 bridgehead atoms. The van der Waals surface area contributed by atoms with Crippen molar-refractivity contribution in [2.75, 3.05) is 11.4 Å². The lowest BCUT2D eigenvalue weighted by Crippen LogP contribution is -2.41. The minimum Gasteiger partial charge on any atom is -0.311 e. The molecule has 1 aliphatic heterocycles. The van der Waals surface area contributed by atoms with Gasteiger partial charge in [0, 0.05) is 22.7 Å². The third kappa shape index (κ3) is 3.18. The average Bonchev–Trinajstić information content (AvgIpc) is 2.70. The van der Waals surface area contributed by atoms with E-state index in [9.17, 15) is 4.79 Å². The van der Waals surface area contributed by atoms with Gasteiger partial charge in [-0.2, -0.15) is 0 Å². The first-order valence-corrected chi connectivity index (χ1v) is 7.68. The van der Waals surface area contributed by atoms with Crippen LogP contribution in [0.15, 0.2) is 22.7 Å². The van der Waals surface area contributed by atoms with E-state index in [0.29, 0.717) is 6.04 Å². The number of hydrogen-bond donors (Lipinski definition) is 1. The van der Waals surface area contributed by atoms with Gasteiger partial charge >= 0.3 is 0 Å². The molecule has 104 valence electrons. The second kappa shape index (κ2) is 6.06. The number of benzene rings is 1. The molecule has 1 aromatic carbocycles. The lowest BCUT2D eigenvalue weighted by Gasteiger charge is -2.21. The van der Waals surface area contributed by atoms with Gasteiger partial charge in [0.15, 0.2) is 0 Å². The second-order valence-corrected chi connectivity index (χ2v) is 6.19. The molecule has 1 unspecified atom stereocenters. The van der Waals surface area contributed by atoms with Crippen LogP contribution >= 0.6 is 15.9 Å². The molecule has 2 rings (SSSR count). The Hall–Kier alpha value is -0.870. The molecule has 1 fully saturated rings. The van der Waals surface area contributed by atoms with E-state index in [1.807, 2.05) is 17.0 Å². The molecule has 0 radical (unpaired) electrons. The van der Waals surface area contributed by atoms with Crippen molar-refractivity contribution in [3.05, 3.63) is 28.2 Å². The average molecular weight is 325 g/mol. The van der Waals surface area contributed by atoms with Crippen LogP contribution in [0.4, 0.5) is 5.69 Å². The number of nitrogens with zero attached hydrogens (tertiary/aromatic N) is 1. The van der Waals surface area contributed by atoms with E-state index >= 15 is 0 Å². The normalized spacial score (nSPS) is 19.5. The summed E-state index contributed by atoms with van der Waals surface area (Å²) in [4.78, 5) is 14.4. The Balaban J connectivity index is 2.22. The largest absolute Gasteiger partial charge is 0.311 e. The Labute approximate surface area is 123 Å². The maximum absolute atomic E-state index is 12.4. The van der Waals surface area contributed by atoms with Crippen molar-refractivity contribution in [1.29, 1.82) is 0 Å². The molecule has 0 aromatic heterocycles. The third-order valence-corrected chi connectivity index (χ3v) is 3.95. The molecule has 3 nitrogen and oxygen atoms in total. The van der Waals surface area contributed by atoms with Gasteiger partial charge in [0.25, 0.3) is 0 Å². The molecule has 0 spiro atoms. The number of halogens is 1. The second-order valence-electron chi connectivity index (χ2n) is 5.28. The van der Waals surface area contributed by atoms with Gasteiger partial charge < -0.3 is 10.2 Å². The molecular formula is C15H21BrN2O. The summed E-state index contributed by atoms with van der Waals surface area (Å²) in [5.41, 5.74) is 2.27. The topological polar surface area (TPSA) is 32.3 Å².